The van der Waals surface area contributed by atoms with Crippen molar-refractivity contribution in [3.8, 4) is 0 Å². The third-order valence-corrected chi connectivity index (χ3v) is 2.04. The first kappa shape index (κ1) is 9.73. The van der Waals surface area contributed by atoms with Gasteiger partial charge in [0.2, 0.25) is 0 Å². The molecule has 0 aliphatic heterocycles. The van der Waals surface area contributed by atoms with Crippen LogP contribution in [0.15, 0.2) is 6.20 Å². The van der Waals surface area contributed by atoms with Gasteiger partial charge in [0.1, 0.15) is 11.9 Å². The minimum absolute atomic E-state index is 0.264. The molecule has 0 spiro atoms. The number of rotatable bonds is 3. The second-order valence-electron chi connectivity index (χ2n) is 3.02. The lowest BCUT2D eigenvalue weighted by molar-refractivity contribution is -0.138. The Labute approximate surface area is 76.2 Å². The smallest absolute Gasteiger partial charge is 0.320 e. The van der Waals surface area contributed by atoms with E-state index in [-0.39, 0.29) is 6.42 Å². The fourth-order valence-corrected chi connectivity index (χ4v) is 1.02. The number of aliphatic carboxylic acids is 1. The molecule has 0 aliphatic rings. The molecule has 3 N–H and O–H groups in total. The lowest BCUT2D eigenvalue weighted by atomic mass is 10.2. The minimum atomic E-state index is -0.999. The van der Waals surface area contributed by atoms with Crippen LogP contribution in [0.1, 0.15) is 11.5 Å². The van der Waals surface area contributed by atoms with Gasteiger partial charge in [-0.25, -0.2) is 4.98 Å². The maximum atomic E-state index is 10.5. The molecule has 0 saturated carbocycles. The molecule has 0 fully saturated rings. The third kappa shape index (κ3) is 2.06. The maximum Gasteiger partial charge on any atom is 0.320 e. The molecular formula is C8H13N3O2. The molecule has 1 rings (SSSR count). The van der Waals surface area contributed by atoms with Crippen LogP contribution in [0.4, 0.5) is 0 Å². The van der Waals surface area contributed by atoms with Crippen LogP contribution in [0.5, 0.6) is 0 Å². The highest BCUT2D eigenvalue weighted by Gasteiger charge is 2.15. The standard InChI is InChI=1S/C8H13N3O2/c1-5-4-10-7(11(5)2)3-6(9)8(12)13/h4,6H,3,9H2,1-2H3,(H,12,13). The zero-order valence-electron chi connectivity index (χ0n) is 7.69. The van der Waals surface area contributed by atoms with Gasteiger partial charge in [0.15, 0.2) is 0 Å². The van der Waals surface area contributed by atoms with Crippen molar-refractivity contribution in [2.45, 2.75) is 19.4 Å². The Morgan fingerprint density at radius 1 is 1.85 bits per heavy atom. The van der Waals surface area contributed by atoms with E-state index in [2.05, 4.69) is 4.98 Å². The van der Waals surface area contributed by atoms with Crippen molar-refractivity contribution < 1.29 is 9.90 Å². The van der Waals surface area contributed by atoms with Crippen LogP contribution < -0.4 is 5.73 Å². The fraction of sp³-hybridized carbons (Fsp3) is 0.500. The number of imidazole rings is 1. The summed E-state index contributed by atoms with van der Waals surface area (Å²) < 4.78 is 1.84. The predicted molar refractivity (Wildman–Crippen MR) is 47.3 cm³/mol. The molecular weight excluding hydrogens is 170 g/mol. The van der Waals surface area contributed by atoms with E-state index in [1.165, 1.54) is 0 Å². The van der Waals surface area contributed by atoms with E-state index in [9.17, 15) is 4.79 Å². The summed E-state index contributed by atoms with van der Waals surface area (Å²) >= 11 is 0. The molecule has 1 aromatic rings. The fourth-order valence-electron chi connectivity index (χ4n) is 1.02. The molecule has 0 saturated heterocycles. The summed E-state index contributed by atoms with van der Waals surface area (Å²) in [6.07, 6.45) is 1.96. The average molecular weight is 183 g/mol. The van der Waals surface area contributed by atoms with E-state index in [1.807, 2.05) is 18.5 Å². The van der Waals surface area contributed by atoms with Gasteiger partial charge < -0.3 is 15.4 Å². The second-order valence-corrected chi connectivity index (χ2v) is 3.02. The molecule has 72 valence electrons. The van der Waals surface area contributed by atoms with Crippen molar-refractivity contribution in [3.05, 3.63) is 17.7 Å². The Balaban J connectivity index is 2.74. The van der Waals surface area contributed by atoms with E-state index >= 15 is 0 Å². The van der Waals surface area contributed by atoms with Crippen LogP contribution >= 0.6 is 0 Å². The number of aromatic nitrogens is 2. The largest absolute Gasteiger partial charge is 0.480 e. The molecule has 0 radical (unpaired) electrons. The lowest BCUT2D eigenvalue weighted by Gasteiger charge is -2.06. The first-order valence-electron chi connectivity index (χ1n) is 3.98. The number of carboxylic acid groups (broad SMARTS) is 1. The summed E-state index contributed by atoms with van der Waals surface area (Å²) in [6.45, 7) is 1.91. The predicted octanol–water partition coefficient (Wildman–Crippen LogP) is -0.317. The van der Waals surface area contributed by atoms with E-state index in [4.69, 9.17) is 10.8 Å². The van der Waals surface area contributed by atoms with Crippen molar-refractivity contribution in [2.24, 2.45) is 12.8 Å². The van der Waals surface area contributed by atoms with Gasteiger partial charge in [0.25, 0.3) is 0 Å². The third-order valence-electron chi connectivity index (χ3n) is 2.04. The number of hydrogen-bond donors (Lipinski definition) is 2. The molecule has 5 nitrogen and oxygen atoms in total. The molecule has 1 atom stereocenters. The van der Waals surface area contributed by atoms with Crippen LogP contribution in [-0.4, -0.2) is 26.7 Å². The quantitative estimate of drug-likeness (QED) is 0.673. The average Bonchev–Trinajstić information content (AvgIpc) is 2.36. The Hall–Kier alpha value is -1.36. The van der Waals surface area contributed by atoms with E-state index < -0.39 is 12.0 Å². The number of nitrogens with zero attached hydrogens (tertiary/aromatic N) is 2. The molecule has 1 heterocycles. The highest BCUT2D eigenvalue weighted by Crippen LogP contribution is 2.03. The van der Waals surface area contributed by atoms with Gasteiger partial charge in [-0.2, -0.15) is 0 Å². The zero-order valence-corrected chi connectivity index (χ0v) is 7.69. The number of carbonyl (C=O) groups is 1. The summed E-state index contributed by atoms with van der Waals surface area (Å²) in [5.41, 5.74) is 6.37. The van der Waals surface area contributed by atoms with Crippen molar-refractivity contribution in [1.29, 1.82) is 0 Å². The molecule has 0 bridgehead atoms. The first-order valence-corrected chi connectivity index (χ1v) is 3.98. The Kier molecular flexibility index (Phi) is 2.67. The SMILES string of the molecule is Cc1cnc(CC(N)C(=O)O)n1C. The van der Waals surface area contributed by atoms with E-state index in [0.717, 1.165) is 5.69 Å². The highest BCUT2D eigenvalue weighted by molar-refractivity contribution is 5.73. The van der Waals surface area contributed by atoms with Crippen molar-refractivity contribution >= 4 is 5.97 Å². The number of nitrogens with two attached hydrogens (primary N) is 1. The molecule has 0 amide bonds. The minimum Gasteiger partial charge on any atom is -0.480 e. The summed E-state index contributed by atoms with van der Waals surface area (Å²) in [4.78, 5) is 14.5. The molecule has 0 aromatic carbocycles. The monoisotopic (exact) mass is 183 g/mol. The summed E-state index contributed by atoms with van der Waals surface area (Å²) in [5, 5.41) is 8.58. The van der Waals surface area contributed by atoms with Crippen LogP contribution in [0.25, 0.3) is 0 Å². The van der Waals surface area contributed by atoms with Crippen LogP contribution in [0, 0.1) is 6.92 Å². The van der Waals surface area contributed by atoms with Gasteiger partial charge in [-0.15, -0.1) is 0 Å². The van der Waals surface area contributed by atoms with Gasteiger partial charge in [-0.1, -0.05) is 0 Å². The normalized spacial score (nSPS) is 12.8. The van der Waals surface area contributed by atoms with E-state index in [1.54, 1.807) is 6.20 Å². The van der Waals surface area contributed by atoms with Crippen LogP contribution in [-0.2, 0) is 18.3 Å². The van der Waals surface area contributed by atoms with Crippen molar-refractivity contribution in [2.75, 3.05) is 0 Å². The van der Waals surface area contributed by atoms with Gasteiger partial charge >= 0.3 is 5.97 Å². The molecule has 1 aromatic heterocycles. The number of hydrogen-bond acceptors (Lipinski definition) is 3. The Morgan fingerprint density at radius 2 is 2.46 bits per heavy atom. The Bertz CT molecular complexity index is 319. The molecule has 5 heteroatoms. The lowest BCUT2D eigenvalue weighted by Crippen LogP contribution is -2.33. The molecule has 0 aliphatic carbocycles. The van der Waals surface area contributed by atoms with Crippen molar-refractivity contribution in [1.82, 2.24) is 9.55 Å². The second kappa shape index (κ2) is 3.57. The summed E-state index contributed by atoms with van der Waals surface area (Å²) in [7, 11) is 1.84. The highest BCUT2D eigenvalue weighted by atomic mass is 16.4. The summed E-state index contributed by atoms with van der Waals surface area (Å²) in [6, 6.07) is -0.875. The summed E-state index contributed by atoms with van der Waals surface area (Å²) in [5.74, 6) is -0.298. The van der Waals surface area contributed by atoms with Gasteiger partial charge in [-0.05, 0) is 6.92 Å². The topological polar surface area (TPSA) is 81.1 Å². The van der Waals surface area contributed by atoms with Crippen LogP contribution in [0.2, 0.25) is 0 Å². The molecule has 1 unspecified atom stereocenters. The van der Waals surface area contributed by atoms with Gasteiger partial charge in [0.05, 0.1) is 0 Å². The Morgan fingerprint density at radius 3 is 2.85 bits per heavy atom. The van der Waals surface area contributed by atoms with E-state index in [0.29, 0.717) is 5.82 Å². The molecule has 13 heavy (non-hydrogen) atoms. The number of aryl methyl sites for hydroxylation is 1. The maximum absolute atomic E-state index is 10.5. The van der Waals surface area contributed by atoms with Crippen molar-refractivity contribution in [3.63, 3.8) is 0 Å². The van der Waals surface area contributed by atoms with Crippen LogP contribution in [0.3, 0.4) is 0 Å². The first-order chi connectivity index (χ1) is 6.02. The zero-order chi connectivity index (χ0) is 10.0. The number of carboxylic acids is 1. The van der Waals surface area contributed by atoms with Gasteiger partial charge in [-0.3, -0.25) is 4.79 Å². The van der Waals surface area contributed by atoms with Gasteiger partial charge in [0, 0.05) is 25.4 Å².